The van der Waals surface area contributed by atoms with Gasteiger partial charge in [-0.15, -0.1) is 0 Å². The minimum absolute atomic E-state index is 0.215. The summed E-state index contributed by atoms with van der Waals surface area (Å²) in [5.74, 6) is 0.168. The third-order valence-electron chi connectivity index (χ3n) is 4.06. The van der Waals surface area contributed by atoms with Crippen LogP contribution in [0.1, 0.15) is 27.3 Å². The molecule has 0 aliphatic heterocycles. The molecule has 0 unspecified atom stereocenters. The first-order valence-electron chi connectivity index (χ1n) is 8.72. The van der Waals surface area contributed by atoms with Gasteiger partial charge >= 0.3 is 0 Å². The van der Waals surface area contributed by atoms with Crippen LogP contribution < -0.4 is 10.6 Å². The van der Waals surface area contributed by atoms with Crippen molar-refractivity contribution in [1.29, 1.82) is 0 Å². The molecule has 3 aromatic rings. The maximum absolute atomic E-state index is 12.5. The fourth-order valence-electron chi connectivity index (χ4n) is 2.68. The summed E-state index contributed by atoms with van der Waals surface area (Å²) in [5.41, 5.74) is 4.05. The van der Waals surface area contributed by atoms with E-state index in [0.29, 0.717) is 28.9 Å². The highest BCUT2D eigenvalue weighted by molar-refractivity contribution is 6.30. The predicted molar refractivity (Wildman–Crippen MR) is 109 cm³/mol. The number of amides is 1. The van der Waals surface area contributed by atoms with Crippen molar-refractivity contribution in [2.24, 2.45) is 0 Å². The van der Waals surface area contributed by atoms with Crippen LogP contribution in [0.25, 0.3) is 0 Å². The molecule has 0 aliphatic carbocycles. The number of hydrogen-bond acceptors (Lipinski definition) is 4. The van der Waals surface area contributed by atoms with Gasteiger partial charge < -0.3 is 10.6 Å². The fourth-order valence-corrected chi connectivity index (χ4v) is 2.91. The third-order valence-corrected chi connectivity index (χ3v) is 4.30. The average Bonchev–Trinajstić information content (AvgIpc) is 2.64. The van der Waals surface area contributed by atoms with Gasteiger partial charge in [0.1, 0.15) is 5.69 Å². The van der Waals surface area contributed by atoms with Gasteiger partial charge in [-0.1, -0.05) is 41.9 Å². The summed E-state index contributed by atoms with van der Waals surface area (Å²) >= 11 is 5.99. The Morgan fingerprint density at radius 2 is 1.81 bits per heavy atom. The summed E-state index contributed by atoms with van der Waals surface area (Å²) < 4.78 is 0. The van der Waals surface area contributed by atoms with Gasteiger partial charge in [-0.2, -0.15) is 0 Å². The van der Waals surface area contributed by atoms with E-state index in [0.717, 1.165) is 17.7 Å². The van der Waals surface area contributed by atoms with Crippen LogP contribution in [-0.4, -0.2) is 22.4 Å². The van der Waals surface area contributed by atoms with Gasteiger partial charge in [-0.25, -0.2) is 9.97 Å². The zero-order valence-corrected chi connectivity index (χ0v) is 16.0. The summed E-state index contributed by atoms with van der Waals surface area (Å²) in [6.45, 7) is 4.33. The number of nitrogens with zero attached hydrogens (tertiary/aromatic N) is 2. The second-order valence-corrected chi connectivity index (χ2v) is 6.73. The maximum atomic E-state index is 12.5. The molecular weight excluding hydrogens is 360 g/mol. The van der Waals surface area contributed by atoms with E-state index in [1.54, 1.807) is 12.1 Å². The number of benzene rings is 2. The second-order valence-electron chi connectivity index (χ2n) is 6.29. The molecule has 0 radical (unpaired) electrons. The number of halogens is 1. The highest BCUT2D eigenvalue weighted by Gasteiger charge is 2.11. The van der Waals surface area contributed by atoms with Gasteiger partial charge in [-0.05, 0) is 55.7 Å². The van der Waals surface area contributed by atoms with Crippen molar-refractivity contribution in [3.8, 4) is 0 Å². The summed E-state index contributed by atoms with van der Waals surface area (Å²) in [7, 11) is 0. The molecule has 3 rings (SSSR count). The second kappa shape index (κ2) is 8.64. The van der Waals surface area contributed by atoms with Crippen LogP contribution in [0.4, 0.5) is 11.6 Å². The molecule has 1 aromatic heterocycles. The quantitative estimate of drug-likeness (QED) is 0.662. The molecule has 0 spiro atoms. The van der Waals surface area contributed by atoms with Gasteiger partial charge in [0.25, 0.3) is 5.91 Å². The molecule has 0 atom stereocenters. The highest BCUT2D eigenvalue weighted by atomic mass is 35.5. The van der Waals surface area contributed by atoms with Crippen molar-refractivity contribution in [3.63, 3.8) is 0 Å². The standard InChI is InChI=1S/C21H21ClN4O/c1-14-12-17(22)8-9-18(14)25-21-24-15(2)13-19(26-21)20(27)23-11-10-16-6-4-3-5-7-16/h3-9,12-13H,10-11H2,1-2H3,(H,23,27)(H,24,25,26). The first-order valence-corrected chi connectivity index (χ1v) is 9.10. The van der Waals surface area contributed by atoms with Crippen LogP contribution in [0.5, 0.6) is 0 Å². The number of nitrogens with one attached hydrogen (secondary N) is 2. The molecule has 0 fully saturated rings. The summed E-state index contributed by atoms with van der Waals surface area (Å²) in [6, 6.07) is 17.2. The molecule has 0 bridgehead atoms. The molecule has 27 heavy (non-hydrogen) atoms. The van der Waals surface area contributed by atoms with Crippen LogP contribution >= 0.6 is 11.6 Å². The molecule has 138 valence electrons. The van der Waals surface area contributed by atoms with E-state index >= 15 is 0 Å². The number of rotatable bonds is 6. The van der Waals surface area contributed by atoms with E-state index < -0.39 is 0 Å². The van der Waals surface area contributed by atoms with E-state index in [1.807, 2.05) is 56.3 Å². The van der Waals surface area contributed by atoms with Crippen molar-refractivity contribution in [3.05, 3.63) is 82.1 Å². The maximum Gasteiger partial charge on any atom is 0.270 e. The topological polar surface area (TPSA) is 66.9 Å². The van der Waals surface area contributed by atoms with Gasteiger partial charge in [0.2, 0.25) is 5.95 Å². The van der Waals surface area contributed by atoms with Crippen molar-refractivity contribution >= 4 is 29.1 Å². The summed E-state index contributed by atoms with van der Waals surface area (Å²) in [5, 5.41) is 6.73. The lowest BCUT2D eigenvalue weighted by Crippen LogP contribution is -2.27. The van der Waals surface area contributed by atoms with Crippen molar-refractivity contribution < 1.29 is 4.79 Å². The highest BCUT2D eigenvalue weighted by Crippen LogP contribution is 2.22. The monoisotopic (exact) mass is 380 g/mol. The first kappa shape index (κ1) is 18.9. The number of hydrogen-bond donors (Lipinski definition) is 2. The largest absolute Gasteiger partial charge is 0.350 e. The summed E-state index contributed by atoms with van der Waals surface area (Å²) in [4.78, 5) is 21.2. The molecule has 2 aromatic carbocycles. The Hall–Kier alpha value is -2.92. The Kier molecular flexibility index (Phi) is 6.04. The van der Waals surface area contributed by atoms with Gasteiger partial charge in [0.15, 0.2) is 0 Å². The van der Waals surface area contributed by atoms with Gasteiger partial charge in [-0.3, -0.25) is 4.79 Å². The van der Waals surface area contributed by atoms with E-state index in [9.17, 15) is 4.79 Å². The lowest BCUT2D eigenvalue weighted by Gasteiger charge is -2.11. The molecule has 1 amide bonds. The Labute approximate surface area is 163 Å². The zero-order chi connectivity index (χ0) is 19.2. The molecule has 0 saturated carbocycles. The zero-order valence-electron chi connectivity index (χ0n) is 15.3. The Morgan fingerprint density at radius 1 is 1.04 bits per heavy atom. The molecule has 1 heterocycles. The molecule has 0 aliphatic rings. The molecule has 2 N–H and O–H groups in total. The summed E-state index contributed by atoms with van der Waals surface area (Å²) in [6.07, 6.45) is 0.770. The number of carbonyl (C=O) groups excluding carboxylic acids is 1. The molecule has 6 heteroatoms. The van der Waals surface area contributed by atoms with Crippen molar-refractivity contribution in [2.45, 2.75) is 20.3 Å². The molecule has 5 nitrogen and oxygen atoms in total. The predicted octanol–water partition coefficient (Wildman–Crippen LogP) is 4.46. The lowest BCUT2D eigenvalue weighted by atomic mass is 10.1. The SMILES string of the molecule is Cc1cc(C(=O)NCCc2ccccc2)nc(Nc2ccc(Cl)cc2C)n1. The number of aryl methyl sites for hydroxylation is 2. The van der Waals surface area contributed by atoms with E-state index in [-0.39, 0.29) is 5.91 Å². The first-order chi connectivity index (χ1) is 13.0. The Morgan fingerprint density at radius 3 is 2.56 bits per heavy atom. The van der Waals surface area contributed by atoms with Crippen LogP contribution in [-0.2, 0) is 6.42 Å². The van der Waals surface area contributed by atoms with E-state index in [4.69, 9.17) is 11.6 Å². The number of carbonyl (C=O) groups is 1. The number of anilines is 2. The van der Waals surface area contributed by atoms with Crippen LogP contribution in [0.15, 0.2) is 54.6 Å². The van der Waals surface area contributed by atoms with Gasteiger partial charge in [0, 0.05) is 22.9 Å². The Bertz CT molecular complexity index is 944. The van der Waals surface area contributed by atoms with Crippen LogP contribution in [0, 0.1) is 13.8 Å². The molecular formula is C21H21ClN4O. The Balaban J connectivity index is 1.67. The smallest absolute Gasteiger partial charge is 0.270 e. The third kappa shape index (κ3) is 5.28. The lowest BCUT2D eigenvalue weighted by molar-refractivity contribution is 0.0949. The van der Waals surface area contributed by atoms with Crippen LogP contribution in [0.3, 0.4) is 0 Å². The normalized spacial score (nSPS) is 10.5. The van der Waals surface area contributed by atoms with Crippen molar-refractivity contribution in [2.75, 3.05) is 11.9 Å². The van der Waals surface area contributed by atoms with E-state index in [2.05, 4.69) is 20.6 Å². The van der Waals surface area contributed by atoms with Gasteiger partial charge in [0.05, 0.1) is 0 Å². The minimum Gasteiger partial charge on any atom is -0.350 e. The fraction of sp³-hybridized carbons (Fsp3) is 0.190. The minimum atomic E-state index is -0.215. The van der Waals surface area contributed by atoms with Crippen molar-refractivity contribution in [1.82, 2.24) is 15.3 Å². The van der Waals surface area contributed by atoms with E-state index in [1.165, 1.54) is 5.56 Å². The molecule has 0 saturated heterocycles. The number of aromatic nitrogens is 2. The average molecular weight is 381 g/mol. The van der Waals surface area contributed by atoms with Crippen LogP contribution in [0.2, 0.25) is 5.02 Å².